The molecule has 72 valence electrons. The monoisotopic (exact) mass is 243 g/mol. The number of nitrogens with zero attached hydrogens (tertiary/aromatic N) is 1. The van der Waals surface area contributed by atoms with Crippen LogP contribution in [0.2, 0.25) is 0 Å². The molecule has 0 atom stereocenters. The van der Waals surface area contributed by atoms with Gasteiger partial charge in [-0.1, -0.05) is 6.92 Å². The van der Waals surface area contributed by atoms with Crippen molar-refractivity contribution in [1.82, 2.24) is 10.3 Å². The Morgan fingerprint density at radius 1 is 1.38 bits per heavy atom. The highest BCUT2D eigenvalue weighted by atomic mass is 79.9. The van der Waals surface area contributed by atoms with Gasteiger partial charge in [0.05, 0.1) is 11.9 Å². The molecule has 2 N–H and O–H groups in total. The second-order valence-electron chi connectivity index (χ2n) is 2.67. The Labute approximate surface area is 87.1 Å². The van der Waals surface area contributed by atoms with E-state index >= 15 is 0 Å². The predicted octanol–water partition coefficient (Wildman–Crippen LogP) is 1.87. The molecule has 0 aliphatic carbocycles. The van der Waals surface area contributed by atoms with Gasteiger partial charge in [-0.05, 0) is 28.5 Å². The molecule has 4 heteroatoms. The van der Waals surface area contributed by atoms with Crippen molar-refractivity contribution in [2.24, 2.45) is 0 Å². The zero-order valence-corrected chi connectivity index (χ0v) is 9.26. The van der Waals surface area contributed by atoms with Crippen LogP contribution in [0.5, 0.6) is 0 Å². The average molecular weight is 244 g/mol. The SMILES string of the molecule is CCNCCNc1cncc(Br)c1. The van der Waals surface area contributed by atoms with Crippen LogP contribution < -0.4 is 10.6 Å². The molecule has 0 aliphatic heterocycles. The third kappa shape index (κ3) is 4.24. The normalized spacial score (nSPS) is 10.0. The number of hydrogen-bond donors (Lipinski definition) is 2. The van der Waals surface area contributed by atoms with Gasteiger partial charge in [-0.25, -0.2) is 0 Å². The molecule has 1 rings (SSSR count). The van der Waals surface area contributed by atoms with E-state index in [-0.39, 0.29) is 0 Å². The first-order valence-electron chi connectivity index (χ1n) is 4.38. The van der Waals surface area contributed by atoms with Crippen LogP contribution in [0.25, 0.3) is 0 Å². The van der Waals surface area contributed by atoms with E-state index in [4.69, 9.17) is 0 Å². The Kier molecular flexibility index (Phi) is 4.78. The Hall–Kier alpha value is -0.610. The summed E-state index contributed by atoms with van der Waals surface area (Å²) in [5, 5.41) is 6.50. The van der Waals surface area contributed by atoms with Gasteiger partial charge in [0, 0.05) is 23.8 Å². The van der Waals surface area contributed by atoms with Crippen LogP contribution in [0.3, 0.4) is 0 Å². The van der Waals surface area contributed by atoms with Crippen LogP contribution in [0.15, 0.2) is 22.9 Å². The van der Waals surface area contributed by atoms with Crippen molar-refractivity contribution in [3.8, 4) is 0 Å². The van der Waals surface area contributed by atoms with Crippen molar-refractivity contribution in [3.05, 3.63) is 22.9 Å². The number of likely N-dealkylation sites (N-methyl/N-ethyl adjacent to an activating group) is 1. The molecule has 1 heterocycles. The summed E-state index contributed by atoms with van der Waals surface area (Å²) in [4.78, 5) is 4.05. The number of anilines is 1. The van der Waals surface area contributed by atoms with Crippen LogP contribution in [0.4, 0.5) is 5.69 Å². The standard InChI is InChI=1S/C9H14BrN3/c1-2-11-3-4-13-9-5-8(10)6-12-7-9/h5-7,11,13H,2-4H2,1H3. The summed E-state index contributed by atoms with van der Waals surface area (Å²) < 4.78 is 1.00. The lowest BCUT2D eigenvalue weighted by Crippen LogP contribution is -2.21. The van der Waals surface area contributed by atoms with Gasteiger partial charge in [-0.3, -0.25) is 4.98 Å². The summed E-state index contributed by atoms with van der Waals surface area (Å²) >= 11 is 3.37. The summed E-state index contributed by atoms with van der Waals surface area (Å²) in [6.07, 6.45) is 3.59. The highest BCUT2D eigenvalue weighted by molar-refractivity contribution is 9.10. The molecule has 0 radical (unpaired) electrons. The van der Waals surface area contributed by atoms with E-state index in [1.165, 1.54) is 0 Å². The van der Waals surface area contributed by atoms with Crippen molar-refractivity contribution in [3.63, 3.8) is 0 Å². The fraction of sp³-hybridized carbons (Fsp3) is 0.444. The zero-order chi connectivity index (χ0) is 9.52. The van der Waals surface area contributed by atoms with E-state index in [9.17, 15) is 0 Å². The number of nitrogens with one attached hydrogen (secondary N) is 2. The molecule has 0 aromatic carbocycles. The molecule has 0 bridgehead atoms. The molecule has 0 saturated heterocycles. The molecule has 0 amide bonds. The first-order chi connectivity index (χ1) is 6.33. The molecule has 0 aliphatic rings. The van der Waals surface area contributed by atoms with Gasteiger partial charge >= 0.3 is 0 Å². The highest BCUT2D eigenvalue weighted by Crippen LogP contribution is 2.12. The van der Waals surface area contributed by atoms with Gasteiger partial charge in [-0.15, -0.1) is 0 Å². The van der Waals surface area contributed by atoms with E-state index in [0.717, 1.165) is 29.8 Å². The average Bonchev–Trinajstić information content (AvgIpc) is 2.13. The van der Waals surface area contributed by atoms with E-state index in [1.54, 1.807) is 6.20 Å². The number of aromatic nitrogens is 1. The second kappa shape index (κ2) is 5.94. The van der Waals surface area contributed by atoms with Gasteiger partial charge in [0.2, 0.25) is 0 Å². The summed E-state index contributed by atoms with van der Waals surface area (Å²) in [5.41, 5.74) is 1.05. The first-order valence-corrected chi connectivity index (χ1v) is 5.17. The van der Waals surface area contributed by atoms with Gasteiger partial charge in [-0.2, -0.15) is 0 Å². The van der Waals surface area contributed by atoms with Crippen molar-refractivity contribution in [1.29, 1.82) is 0 Å². The lowest BCUT2D eigenvalue weighted by atomic mass is 10.4. The van der Waals surface area contributed by atoms with E-state index in [2.05, 4.69) is 38.5 Å². The summed E-state index contributed by atoms with van der Waals surface area (Å²) in [6.45, 7) is 5.01. The van der Waals surface area contributed by atoms with Crippen molar-refractivity contribution < 1.29 is 0 Å². The molecular formula is C9H14BrN3. The van der Waals surface area contributed by atoms with Crippen LogP contribution in [-0.2, 0) is 0 Å². The summed E-state index contributed by atoms with van der Waals surface area (Å²) in [7, 11) is 0. The largest absolute Gasteiger partial charge is 0.382 e. The van der Waals surface area contributed by atoms with Gasteiger partial charge in [0.1, 0.15) is 0 Å². The molecule has 1 aromatic heterocycles. The summed E-state index contributed by atoms with van der Waals surface area (Å²) in [6, 6.07) is 2.01. The van der Waals surface area contributed by atoms with Crippen molar-refractivity contribution in [2.75, 3.05) is 25.0 Å². The maximum absolute atomic E-state index is 4.05. The first kappa shape index (κ1) is 10.5. The molecule has 0 fully saturated rings. The molecular weight excluding hydrogens is 230 g/mol. The lowest BCUT2D eigenvalue weighted by Gasteiger charge is -2.05. The molecule has 0 saturated carbocycles. The molecule has 13 heavy (non-hydrogen) atoms. The Morgan fingerprint density at radius 3 is 2.92 bits per heavy atom. The molecule has 3 nitrogen and oxygen atoms in total. The fourth-order valence-corrected chi connectivity index (χ4v) is 1.35. The van der Waals surface area contributed by atoms with Crippen LogP contribution in [0.1, 0.15) is 6.92 Å². The third-order valence-electron chi connectivity index (χ3n) is 1.59. The highest BCUT2D eigenvalue weighted by Gasteiger charge is 1.92. The third-order valence-corrected chi connectivity index (χ3v) is 2.02. The van der Waals surface area contributed by atoms with Gasteiger partial charge in [0.15, 0.2) is 0 Å². The topological polar surface area (TPSA) is 37.0 Å². The van der Waals surface area contributed by atoms with Crippen LogP contribution in [0, 0.1) is 0 Å². The van der Waals surface area contributed by atoms with E-state index in [0.29, 0.717) is 0 Å². The van der Waals surface area contributed by atoms with Crippen LogP contribution in [-0.4, -0.2) is 24.6 Å². The Bertz CT molecular complexity index is 252. The number of pyridine rings is 1. The smallest absolute Gasteiger partial charge is 0.0538 e. The van der Waals surface area contributed by atoms with Gasteiger partial charge in [0.25, 0.3) is 0 Å². The van der Waals surface area contributed by atoms with Gasteiger partial charge < -0.3 is 10.6 Å². The zero-order valence-electron chi connectivity index (χ0n) is 7.68. The Balaban J connectivity index is 2.28. The minimum Gasteiger partial charge on any atom is -0.382 e. The predicted molar refractivity (Wildman–Crippen MR) is 59.0 cm³/mol. The number of hydrogen-bond acceptors (Lipinski definition) is 3. The second-order valence-corrected chi connectivity index (χ2v) is 3.59. The fourth-order valence-electron chi connectivity index (χ4n) is 0.981. The lowest BCUT2D eigenvalue weighted by molar-refractivity contribution is 0.739. The number of halogens is 1. The minimum atomic E-state index is 0.923. The Morgan fingerprint density at radius 2 is 2.23 bits per heavy atom. The maximum Gasteiger partial charge on any atom is 0.0538 e. The molecule has 1 aromatic rings. The van der Waals surface area contributed by atoms with Crippen molar-refractivity contribution >= 4 is 21.6 Å². The van der Waals surface area contributed by atoms with Crippen LogP contribution >= 0.6 is 15.9 Å². The molecule has 0 unspecified atom stereocenters. The minimum absolute atomic E-state index is 0.923. The van der Waals surface area contributed by atoms with E-state index < -0.39 is 0 Å². The molecule has 0 spiro atoms. The number of rotatable bonds is 5. The quantitative estimate of drug-likeness (QED) is 0.776. The van der Waals surface area contributed by atoms with Crippen molar-refractivity contribution in [2.45, 2.75) is 6.92 Å². The maximum atomic E-state index is 4.05. The summed E-state index contributed by atoms with van der Waals surface area (Å²) in [5.74, 6) is 0. The van der Waals surface area contributed by atoms with E-state index in [1.807, 2.05) is 12.3 Å².